The van der Waals surface area contributed by atoms with Gasteiger partial charge in [0.25, 0.3) is 0 Å². The van der Waals surface area contributed by atoms with Crippen molar-refractivity contribution in [2.24, 2.45) is 5.73 Å². The van der Waals surface area contributed by atoms with Crippen LogP contribution in [0.4, 0.5) is 4.79 Å². The van der Waals surface area contributed by atoms with Crippen LogP contribution in [-0.2, 0) is 4.74 Å². The Morgan fingerprint density at radius 2 is 2.10 bits per heavy atom. The van der Waals surface area contributed by atoms with Crippen LogP contribution in [0.15, 0.2) is 0 Å². The van der Waals surface area contributed by atoms with Crippen molar-refractivity contribution in [2.75, 3.05) is 19.7 Å². The second-order valence-electron chi connectivity index (χ2n) is 1.86. The van der Waals surface area contributed by atoms with Crippen molar-refractivity contribution < 1.29 is 9.53 Å². The van der Waals surface area contributed by atoms with Gasteiger partial charge in [-0.05, 0) is 26.4 Å². The first-order chi connectivity index (χ1) is 4.77. The van der Waals surface area contributed by atoms with Crippen LogP contribution in [0.5, 0.6) is 0 Å². The van der Waals surface area contributed by atoms with E-state index in [-0.39, 0.29) is 0 Å². The Labute approximate surface area is 60.7 Å². The minimum absolute atomic E-state index is 0.356. The maximum Gasteiger partial charge on any atom is 0.404 e. The highest BCUT2D eigenvalue weighted by Crippen LogP contribution is 1.80. The van der Waals surface area contributed by atoms with Crippen LogP contribution >= 0.6 is 0 Å². The smallest absolute Gasteiger partial charge is 0.404 e. The number of nitrogens with one attached hydrogen (secondary N) is 1. The molecule has 4 nitrogen and oxygen atoms in total. The van der Waals surface area contributed by atoms with Gasteiger partial charge in [0.1, 0.15) is 0 Å². The molecule has 0 spiro atoms. The van der Waals surface area contributed by atoms with Crippen LogP contribution in [-0.4, -0.2) is 25.8 Å². The Bertz CT molecular complexity index is 87.7. The number of carbonyl (C=O) groups excluding carboxylic acids is 1. The molecule has 1 amide bonds. The fourth-order valence-electron chi connectivity index (χ4n) is 0.319. The number of hydrogen-bond acceptors (Lipinski definition) is 3. The Hall–Kier alpha value is -0.770. The first-order valence-corrected chi connectivity index (χ1v) is 3.40. The molecule has 0 aromatic heterocycles. The van der Waals surface area contributed by atoms with Gasteiger partial charge in [-0.3, -0.25) is 0 Å². The summed E-state index contributed by atoms with van der Waals surface area (Å²) in [7, 11) is 0. The number of carbonyl (C=O) groups is 1. The van der Waals surface area contributed by atoms with Gasteiger partial charge in [-0.1, -0.05) is 0 Å². The van der Waals surface area contributed by atoms with Gasteiger partial charge in [-0.25, -0.2) is 4.79 Å². The predicted octanol–water partition coefficient (Wildman–Crippen LogP) is 0.0813. The number of rotatable bonds is 1. The Balaban J connectivity index is 0.000000172. The number of primary amides is 1. The third-order valence-electron chi connectivity index (χ3n) is 0.994. The molecule has 0 saturated carbocycles. The van der Waals surface area contributed by atoms with Crippen molar-refractivity contribution in [3.05, 3.63) is 0 Å². The van der Waals surface area contributed by atoms with E-state index < -0.39 is 6.09 Å². The third-order valence-corrected chi connectivity index (χ3v) is 0.994. The summed E-state index contributed by atoms with van der Waals surface area (Å²) in [6.07, 6.45) is 0.678. The van der Waals surface area contributed by atoms with Gasteiger partial charge >= 0.3 is 6.09 Å². The van der Waals surface area contributed by atoms with Crippen LogP contribution < -0.4 is 11.1 Å². The van der Waals surface area contributed by atoms with Gasteiger partial charge < -0.3 is 15.8 Å². The van der Waals surface area contributed by atoms with E-state index in [1.807, 2.05) is 0 Å². The van der Waals surface area contributed by atoms with Crippen molar-refractivity contribution in [2.45, 2.75) is 13.3 Å². The lowest BCUT2D eigenvalue weighted by molar-refractivity contribution is 0.163. The predicted molar refractivity (Wildman–Crippen MR) is 38.7 cm³/mol. The van der Waals surface area contributed by atoms with E-state index in [1.54, 1.807) is 6.92 Å². The van der Waals surface area contributed by atoms with Gasteiger partial charge in [-0.15, -0.1) is 0 Å². The van der Waals surface area contributed by atoms with Crippen LogP contribution in [0.1, 0.15) is 13.3 Å². The van der Waals surface area contributed by atoms with E-state index in [9.17, 15) is 4.79 Å². The molecule has 3 N–H and O–H groups in total. The summed E-state index contributed by atoms with van der Waals surface area (Å²) in [4.78, 5) is 9.60. The molecule has 1 rings (SSSR count). The molecule has 0 aliphatic carbocycles. The highest BCUT2D eigenvalue weighted by atomic mass is 16.5. The van der Waals surface area contributed by atoms with E-state index in [0.29, 0.717) is 6.61 Å². The summed E-state index contributed by atoms with van der Waals surface area (Å²) in [5, 5.41) is 3.11. The maximum atomic E-state index is 9.60. The lowest BCUT2D eigenvalue weighted by atomic mass is 10.3. The standard InChI is InChI=1S/C3H7NO2.C3H7N/c1-2-6-3(4)5;1-2-4-3-1/h2H2,1H3,(H2,4,5);4H,1-3H2. The molecule has 1 saturated heterocycles. The van der Waals surface area contributed by atoms with E-state index in [2.05, 4.69) is 15.8 Å². The van der Waals surface area contributed by atoms with Crippen LogP contribution in [0.2, 0.25) is 0 Å². The van der Waals surface area contributed by atoms with Crippen molar-refractivity contribution in [1.29, 1.82) is 0 Å². The van der Waals surface area contributed by atoms with E-state index in [1.165, 1.54) is 19.5 Å². The number of amides is 1. The molecule has 0 atom stereocenters. The molecule has 10 heavy (non-hydrogen) atoms. The topological polar surface area (TPSA) is 64.3 Å². The molecule has 0 aromatic carbocycles. The number of nitrogens with two attached hydrogens (primary N) is 1. The zero-order chi connectivity index (χ0) is 7.82. The summed E-state index contributed by atoms with van der Waals surface area (Å²) in [6.45, 7) is 4.56. The van der Waals surface area contributed by atoms with E-state index in [0.717, 1.165) is 0 Å². The molecule has 60 valence electrons. The van der Waals surface area contributed by atoms with Gasteiger partial charge in [0.2, 0.25) is 0 Å². The maximum absolute atomic E-state index is 9.60. The third kappa shape index (κ3) is 7.23. The van der Waals surface area contributed by atoms with Crippen LogP contribution in [0.25, 0.3) is 0 Å². The Morgan fingerprint density at radius 3 is 2.10 bits per heavy atom. The molecule has 1 heterocycles. The molecule has 0 unspecified atom stereocenters. The molecule has 1 aliphatic rings. The molecule has 0 aromatic rings. The molecule has 0 bridgehead atoms. The summed E-state index contributed by atoms with van der Waals surface area (Å²) in [5.41, 5.74) is 4.54. The van der Waals surface area contributed by atoms with Crippen LogP contribution in [0.3, 0.4) is 0 Å². The minimum atomic E-state index is -0.711. The largest absolute Gasteiger partial charge is 0.450 e. The Kier molecular flexibility index (Phi) is 5.86. The van der Waals surface area contributed by atoms with Gasteiger partial charge in [0, 0.05) is 0 Å². The SMILES string of the molecule is C1CNC1.CCOC(N)=O. The minimum Gasteiger partial charge on any atom is -0.450 e. The number of hydrogen-bond donors (Lipinski definition) is 2. The van der Waals surface area contributed by atoms with E-state index >= 15 is 0 Å². The van der Waals surface area contributed by atoms with Crippen LogP contribution in [0, 0.1) is 0 Å². The van der Waals surface area contributed by atoms with Crippen molar-refractivity contribution >= 4 is 6.09 Å². The second kappa shape index (κ2) is 6.35. The lowest BCUT2D eigenvalue weighted by Crippen LogP contribution is -2.29. The van der Waals surface area contributed by atoms with Crippen molar-refractivity contribution in [1.82, 2.24) is 5.32 Å². The zero-order valence-electron chi connectivity index (χ0n) is 6.22. The molecule has 1 fully saturated rings. The normalized spacial score (nSPS) is 14.1. The van der Waals surface area contributed by atoms with Gasteiger partial charge in [0.15, 0.2) is 0 Å². The summed E-state index contributed by atoms with van der Waals surface area (Å²) < 4.78 is 4.18. The highest BCUT2D eigenvalue weighted by molar-refractivity contribution is 5.64. The Morgan fingerprint density at radius 1 is 1.70 bits per heavy atom. The molecular formula is C6H14N2O2. The second-order valence-corrected chi connectivity index (χ2v) is 1.86. The van der Waals surface area contributed by atoms with Crippen molar-refractivity contribution in [3.63, 3.8) is 0 Å². The zero-order valence-corrected chi connectivity index (χ0v) is 6.22. The monoisotopic (exact) mass is 146 g/mol. The lowest BCUT2D eigenvalue weighted by Gasteiger charge is -2.09. The highest BCUT2D eigenvalue weighted by Gasteiger charge is 1.92. The van der Waals surface area contributed by atoms with Gasteiger partial charge in [-0.2, -0.15) is 0 Å². The number of ether oxygens (including phenoxy) is 1. The summed E-state index contributed by atoms with van der Waals surface area (Å²) in [5.74, 6) is 0. The summed E-state index contributed by atoms with van der Waals surface area (Å²) in [6, 6.07) is 0. The quantitative estimate of drug-likeness (QED) is 0.550. The average Bonchev–Trinajstić information content (AvgIpc) is 1.58. The first kappa shape index (κ1) is 9.23. The average molecular weight is 146 g/mol. The molecule has 1 aliphatic heterocycles. The van der Waals surface area contributed by atoms with Gasteiger partial charge in [0.05, 0.1) is 6.61 Å². The fourth-order valence-corrected chi connectivity index (χ4v) is 0.319. The van der Waals surface area contributed by atoms with E-state index in [4.69, 9.17) is 0 Å². The molecule has 4 heteroatoms. The summed E-state index contributed by atoms with van der Waals surface area (Å²) >= 11 is 0. The fraction of sp³-hybridized carbons (Fsp3) is 0.833. The molecular weight excluding hydrogens is 132 g/mol. The molecule has 0 radical (unpaired) electrons. The first-order valence-electron chi connectivity index (χ1n) is 3.40. The van der Waals surface area contributed by atoms with Crippen molar-refractivity contribution in [3.8, 4) is 0 Å².